The summed E-state index contributed by atoms with van der Waals surface area (Å²) in [6.45, 7) is 2.08. The molecule has 104 valence electrons. The second-order valence-corrected chi connectivity index (χ2v) is 7.41. The van der Waals surface area contributed by atoms with Gasteiger partial charge in [0.15, 0.2) is 0 Å². The molecule has 3 rings (SSSR count). The first-order valence-electron chi connectivity index (χ1n) is 6.50. The van der Waals surface area contributed by atoms with E-state index in [0.29, 0.717) is 5.70 Å². The molecule has 1 amide bonds. The maximum atomic E-state index is 12.4. The van der Waals surface area contributed by atoms with Crippen LogP contribution in [0, 0.1) is 0 Å². The predicted molar refractivity (Wildman–Crippen MR) is 85.9 cm³/mol. The summed E-state index contributed by atoms with van der Waals surface area (Å²) >= 11 is 3.31. The molecule has 2 aliphatic heterocycles. The lowest BCUT2D eigenvalue weighted by Gasteiger charge is -2.26. The highest BCUT2D eigenvalue weighted by atomic mass is 32.2. The van der Waals surface area contributed by atoms with E-state index in [1.165, 1.54) is 9.80 Å². The molecule has 1 N–H and O–H groups in total. The molecule has 5 heteroatoms. The quantitative estimate of drug-likeness (QED) is 0.848. The Balaban J connectivity index is 1.76. The number of amides is 1. The van der Waals surface area contributed by atoms with Crippen LogP contribution in [0.3, 0.4) is 0 Å². The minimum Gasteiger partial charge on any atom is -0.338 e. The van der Waals surface area contributed by atoms with Gasteiger partial charge in [-0.15, -0.1) is 11.8 Å². The van der Waals surface area contributed by atoms with E-state index in [1.807, 2.05) is 35.6 Å². The average molecular weight is 304 g/mol. The monoisotopic (exact) mass is 304 g/mol. The minimum atomic E-state index is -0.00453. The molecule has 2 heterocycles. The zero-order chi connectivity index (χ0) is 14.1. The Morgan fingerprint density at radius 1 is 1.40 bits per heavy atom. The van der Waals surface area contributed by atoms with Crippen LogP contribution >= 0.6 is 23.7 Å². The lowest BCUT2D eigenvalue weighted by Crippen LogP contribution is -2.36. The first-order valence-corrected chi connectivity index (χ1v) is 8.15. The number of nitrogens with one attached hydrogen (secondary N) is 1. The summed E-state index contributed by atoms with van der Waals surface area (Å²) in [5, 5.41) is 3.25. The van der Waals surface area contributed by atoms with Gasteiger partial charge in [-0.2, -0.15) is 0 Å². The van der Waals surface area contributed by atoms with Crippen LogP contribution in [0.2, 0.25) is 0 Å². The number of nitrogens with zero attached hydrogens (tertiary/aromatic N) is 1. The molecule has 0 radical (unpaired) electrons. The van der Waals surface area contributed by atoms with Crippen molar-refractivity contribution in [3.63, 3.8) is 0 Å². The highest BCUT2D eigenvalue weighted by Gasteiger charge is 2.24. The van der Waals surface area contributed by atoms with Crippen LogP contribution in [0.25, 0.3) is 6.08 Å². The molecule has 20 heavy (non-hydrogen) atoms. The van der Waals surface area contributed by atoms with Crippen LogP contribution in [-0.4, -0.2) is 22.6 Å². The number of rotatable bonds is 2. The van der Waals surface area contributed by atoms with Crippen molar-refractivity contribution in [3.8, 4) is 0 Å². The largest absolute Gasteiger partial charge is 0.338 e. The first-order chi connectivity index (χ1) is 9.63. The van der Waals surface area contributed by atoms with Crippen LogP contribution in [-0.2, 0) is 4.79 Å². The Kier molecular flexibility index (Phi) is 3.81. The van der Waals surface area contributed by atoms with Crippen molar-refractivity contribution in [1.29, 1.82) is 0 Å². The maximum Gasteiger partial charge on any atom is 0.269 e. The fraction of sp³-hybridized carbons (Fsp3) is 0.267. The molecule has 0 spiro atoms. The summed E-state index contributed by atoms with van der Waals surface area (Å²) in [6, 6.07) is 8.12. The zero-order valence-corrected chi connectivity index (χ0v) is 13.1. The van der Waals surface area contributed by atoms with Crippen molar-refractivity contribution in [3.05, 3.63) is 46.5 Å². The Morgan fingerprint density at radius 2 is 2.20 bits per heavy atom. The average Bonchev–Trinajstić information content (AvgIpc) is 2.83. The summed E-state index contributed by atoms with van der Waals surface area (Å²) in [4.78, 5) is 14.9. The van der Waals surface area contributed by atoms with Gasteiger partial charge in [-0.05, 0) is 47.9 Å². The highest BCUT2D eigenvalue weighted by molar-refractivity contribution is 8.03. The Hall–Kier alpha value is -1.33. The number of thioether (sulfide) groups is 1. The van der Waals surface area contributed by atoms with Crippen LogP contribution in [0.1, 0.15) is 18.9 Å². The maximum absolute atomic E-state index is 12.4. The Labute approximate surface area is 127 Å². The number of benzene rings is 1. The van der Waals surface area contributed by atoms with Crippen LogP contribution in [0.15, 0.2) is 45.8 Å². The summed E-state index contributed by atoms with van der Waals surface area (Å²) in [5.74, 6) is -0.00453. The molecule has 1 atom stereocenters. The molecule has 2 aliphatic rings. The van der Waals surface area contributed by atoms with Crippen molar-refractivity contribution >= 4 is 35.7 Å². The van der Waals surface area contributed by atoms with E-state index in [9.17, 15) is 4.79 Å². The number of allylic oxidation sites excluding steroid dienone is 1. The van der Waals surface area contributed by atoms with E-state index in [4.69, 9.17) is 0 Å². The third kappa shape index (κ3) is 2.74. The van der Waals surface area contributed by atoms with E-state index in [2.05, 4.69) is 24.4 Å². The molecule has 0 saturated carbocycles. The third-order valence-corrected chi connectivity index (χ3v) is 5.43. The molecular weight excluding hydrogens is 288 g/mol. The van der Waals surface area contributed by atoms with Crippen molar-refractivity contribution in [2.75, 3.05) is 7.05 Å². The molecule has 1 aromatic rings. The third-order valence-electron chi connectivity index (χ3n) is 3.26. The van der Waals surface area contributed by atoms with Gasteiger partial charge in [-0.1, -0.05) is 24.3 Å². The summed E-state index contributed by atoms with van der Waals surface area (Å²) in [5.41, 5.74) is 1.81. The molecule has 0 aliphatic carbocycles. The second kappa shape index (κ2) is 5.58. The van der Waals surface area contributed by atoms with Gasteiger partial charge in [0.05, 0.1) is 5.37 Å². The summed E-state index contributed by atoms with van der Waals surface area (Å²) < 4.78 is 1.93. The second-order valence-electron chi connectivity index (χ2n) is 4.79. The van der Waals surface area contributed by atoms with Crippen LogP contribution in [0.5, 0.6) is 0 Å². The summed E-state index contributed by atoms with van der Waals surface area (Å²) in [6.07, 6.45) is 5.03. The van der Waals surface area contributed by atoms with Gasteiger partial charge in [0.1, 0.15) is 5.70 Å². The number of carbonyl (C=O) groups excluding carboxylic acids is 1. The van der Waals surface area contributed by atoms with E-state index >= 15 is 0 Å². The lowest BCUT2D eigenvalue weighted by atomic mass is 10.2. The van der Waals surface area contributed by atoms with Gasteiger partial charge in [0.25, 0.3) is 5.91 Å². The highest BCUT2D eigenvalue weighted by Crippen LogP contribution is 2.35. The molecule has 0 saturated heterocycles. The van der Waals surface area contributed by atoms with Gasteiger partial charge < -0.3 is 9.62 Å². The van der Waals surface area contributed by atoms with Gasteiger partial charge in [-0.25, -0.2) is 0 Å². The number of likely N-dealkylation sites (N-methyl/N-ethyl adjacent to an activating group) is 1. The predicted octanol–water partition coefficient (Wildman–Crippen LogP) is 3.46. The van der Waals surface area contributed by atoms with E-state index in [-0.39, 0.29) is 11.3 Å². The molecule has 0 bridgehead atoms. The van der Waals surface area contributed by atoms with E-state index in [0.717, 1.165) is 12.0 Å². The number of carbonyl (C=O) groups is 1. The molecule has 3 nitrogen and oxygen atoms in total. The minimum absolute atomic E-state index is 0.00453. The first kappa shape index (κ1) is 13.6. The van der Waals surface area contributed by atoms with Crippen LogP contribution < -0.4 is 5.32 Å². The Bertz CT molecular complexity index is 610. The SMILES string of the molecule is CC1=CCC(NC(=O)C2=Cc3ccccc3SN2C)S1. The van der Waals surface area contributed by atoms with E-state index in [1.54, 1.807) is 23.7 Å². The molecule has 0 aromatic heterocycles. The fourth-order valence-corrected chi connectivity index (χ4v) is 4.13. The fourth-order valence-electron chi connectivity index (χ4n) is 2.23. The molecule has 0 fully saturated rings. The summed E-state index contributed by atoms with van der Waals surface area (Å²) in [7, 11) is 1.93. The van der Waals surface area contributed by atoms with Crippen LogP contribution in [0.4, 0.5) is 0 Å². The number of hydrogen-bond donors (Lipinski definition) is 1. The molecular formula is C15H16N2OS2. The number of hydrogen-bond acceptors (Lipinski definition) is 4. The van der Waals surface area contributed by atoms with Gasteiger partial charge in [0.2, 0.25) is 0 Å². The Morgan fingerprint density at radius 3 is 2.95 bits per heavy atom. The van der Waals surface area contributed by atoms with E-state index < -0.39 is 0 Å². The van der Waals surface area contributed by atoms with Crippen molar-refractivity contribution < 1.29 is 4.79 Å². The van der Waals surface area contributed by atoms with Crippen molar-refractivity contribution in [2.45, 2.75) is 23.6 Å². The molecule has 1 aromatic carbocycles. The van der Waals surface area contributed by atoms with Gasteiger partial charge >= 0.3 is 0 Å². The van der Waals surface area contributed by atoms with Crippen molar-refractivity contribution in [2.24, 2.45) is 0 Å². The zero-order valence-electron chi connectivity index (χ0n) is 11.4. The number of fused-ring (bicyclic) bond motifs is 1. The van der Waals surface area contributed by atoms with Gasteiger partial charge in [0, 0.05) is 11.9 Å². The normalized spacial score (nSPS) is 21.1. The standard InChI is InChI=1S/C15H16N2OS2/c1-10-7-8-14(19-10)16-15(18)12-9-11-5-3-4-6-13(11)20-17(12)2/h3-7,9,14H,8H2,1-2H3,(H,16,18). The smallest absolute Gasteiger partial charge is 0.269 e. The molecule has 1 unspecified atom stereocenters. The topological polar surface area (TPSA) is 32.3 Å². The van der Waals surface area contributed by atoms with Gasteiger partial charge in [-0.3, -0.25) is 4.79 Å². The lowest BCUT2D eigenvalue weighted by molar-refractivity contribution is -0.118. The van der Waals surface area contributed by atoms with Crippen molar-refractivity contribution in [1.82, 2.24) is 9.62 Å².